The number of hydrogen-bond donors (Lipinski definition) is 1. The maximum atomic E-state index is 12.9. The van der Waals surface area contributed by atoms with E-state index in [1.54, 1.807) is 0 Å². The van der Waals surface area contributed by atoms with E-state index >= 15 is 0 Å². The molecular formula is C19H29N5O3. The quantitative estimate of drug-likeness (QED) is 0.821. The van der Waals surface area contributed by atoms with Crippen LogP contribution >= 0.6 is 0 Å². The summed E-state index contributed by atoms with van der Waals surface area (Å²) in [5.41, 5.74) is 0.799. The van der Waals surface area contributed by atoms with Gasteiger partial charge in [-0.25, -0.2) is 4.68 Å². The first-order chi connectivity index (χ1) is 13.2. The molecule has 3 aliphatic rings. The maximum absolute atomic E-state index is 12.9. The Labute approximate surface area is 159 Å². The van der Waals surface area contributed by atoms with Crippen molar-refractivity contribution in [3.63, 3.8) is 0 Å². The van der Waals surface area contributed by atoms with Gasteiger partial charge in [0, 0.05) is 51.3 Å². The number of nitrogens with zero attached hydrogens (tertiary/aromatic N) is 5. The van der Waals surface area contributed by atoms with E-state index in [-0.39, 0.29) is 30.4 Å². The fourth-order valence-electron chi connectivity index (χ4n) is 4.80. The number of likely N-dealkylation sites (tertiary alicyclic amines) is 2. The van der Waals surface area contributed by atoms with Crippen molar-refractivity contribution in [2.45, 2.75) is 63.5 Å². The third kappa shape index (κ3) is 3.85. The molecular weight excluding hydrogens is 346 g/mol. The first-order valence-electron chi connectivity index (χ1n) is 10.3. The molecule has 148 valence electrons. The molecule has 1 aliphatic carbocycles. The molecule has 0 radical (unpaired) electrons. The number of rotatable bonds is 5. The van der Waals surface area contributed by atoms with E-state index in [2.05, 4.69) is 10.3 Å². The van der Waals surface area contributed by atoms with E-state index in [1.807, 2.05) is 20.7 Å². The van der Waals surface area contributed by atoms with Crippen molar-refractivity contribution in [1.82, 2.24) is 24.8 Å². The summed E-state index contributed by atoms with van der Waals surface area (Å²) < 4.78 is 1.87. The fraction of sp³-hybridized carbons (Fsp3) is 0.789. The predicted octanol–water partition coefficient (Wildman–Crippen LogP) is 0.767. The Bertz CT molecular complexity index is 677. The summed E-state index contributed by atoms with van der Waals surface area (Å²) in [6.07, 6.45) is 9.07. The first kappa shape index (κ1) is 18.4. The van der Waals surface area contributed by atoms with E-state index in [4.69, 9.17) is 5.11 Å². The topological polar surface area (TPSA) is 91.6 Å². The van der Waals surface area contributed by atoms with Crippen molar-refractivity contribution >= 4 is 11.8 Å². The van der Waals surface area contributed by atoms with Crippen LogP contribution in [0.25, 0.3) is 0 Å². The van der Waals surface area contributed by atoms with Gasteiger partial charge in [-0.2, -0.15) is 0 Å². The normalized spacial score (nSPS) is 24.9. The lowest BCUT2D eigenvalue weighted by atomic mass is 10.0. The highest BCUT2D eigenvalue weighted by atomic mass is 16.3. The lowest BCUT2D eigenvalue weighted by molar-refractivity contribution is -0.137. The molecule has 8 nitrogen and oxygen atoms in total. The van der Waals surface area contributed by atoms with Gasteiger partial charge in [0.2, 0.25) is 11.8 Å². The van der Waals surface area contributed by atoms with Gasteiger partial charge in [-0.15, -0.1) is 5.10 Å². The van der Waals surface area contributed by atoms with Crippen LogP contribution in [-0.2, 0) is 16.0 Å². The lowest BCUT2D eigenvalue weighted by Gasteiger charge is -2.33. The molecule has 1 aromatic rings. The Morgan fingerprint density at radius 3 is 2.59 bits per heavy atom. The van der Waals surface area contributed by atoms with Crippen molar-refractivity contribution in [2.24, 2.45) is 5.92 Å². The smallest absolute Gasteiger partial charge is 0.227 e. The number of aliphatic hydroxyl groups excluding tert-OH is 1. The average Bonchev–Trinajstić information content (AvgIpc) is 3.42. The summed E-state index contributed by atoms with van der Waals surface area (Å²) in [5.74, 6) is 0.133. The number of carbonyl (C=O) groups excluding carboxylic acids is 2. The summed E-state index contributed by atoms with van der Waals surface area (Å²) >= 11 is 0. The highest BCUT2D eigenvalue weighted by Gasteiger charge is 2.40. The zero-order valence-corrected chi connectivity index (χ0v) is 15.8. The monoisotopic (exact) mass is 375 g/mol. The highest BCUT2D eigenvalue weighted by Crippen LogP contribution is 2.31. The Morgan fingerprint density at radius 1 is 1.15 bits per heavy atom. The van der Waals surface area contributed by atoms with Crippen molar-refractivity contribution in [3.8, 4) is 0 Å². The van der Waals surface area contributed by atoms with Crippen LogP contribution in [0.4, 0.5) is 0 Å². The minimum atomic E-state index is -0.169. The molecule has 2 aliphatic heterocycles. The largest absolute Gasteiger partial charge is 0.396 e. The van der Waals surface area contributed by atoms with E-state index < -0.39 is 0 Å². The van der Waals surface area contributed by atoms with Crippen LogP contribution in [0.1, 0.15) is 56.7 Å². The Balaban J connectivity index is 1.30. The molecule has 1 aromatic heterocycles. The molecule has 4 rings (SSSR count). The van der Waals surface area contributed by atoms with Crippen LogP contribution in [-0.4, -0.2) is 74.0 Å². The van der Waals surface area contributed by atoms with E-state index in [0.717, 1.165) is 31.4 Å². The molecule has 0 unspecified atom stereocenters. The van der Waals surface area contributed by atoms with Gasteiger partial charge in [-0.3, -0.25) is 9.59 Å². The van der Waals surface area contributed by atoms with Crippen LogP contribution in [0, 0.1) is 5.92 Å². The molecule has 1 N–H and O–H groups in total. The summed E-state index contributed by atoms with van der Waals surface area (Å²) in [5, 5.41) is 17.2. The van der Waals surface area contributed by atoms with Gasteiger partial charge >= 0.3 is 0 Å². The summed E-state index contributed by atoms with van der Waals surface area (Å²) in [6.45, 7) is 2.08. The average molecular weight is 375 g/mol. The molecule has 2 saturated heterocycles. The molecule has 0 bridgehead atoms. The van der Waals surface area contributed by atoms with Gasteiger partial charge in [-0.05, 0) is 25.7 Å². The zero-order chi connectivity index (χ0) is 18.8. The van der Waals surface area contributed by atoms with Gasteiger partial charge in [0.05, 0.1) is 17.7 Å². The molecule has 3 fully saturated rings. The Kier molecular flexibility index (Phi) is 5.43. The van der Waals surface area contributed by atoms with Crippen LogP contribution in [0.2, 0.25) is 0 Å². The number of aliphatic hydroxyl groups is 1. The predicted molar refractivity (Wildman–Crippen MR) is 97.7 cm³/mol. The highest BCUT2D eigenvalue weighted by molar-refractivity contribution is 5.89. The van der Waals surface area contributed by atoms with Gasteiger partial charge < -0.3 is 14.9 Å². The summed E-state index contributed by atoms with van der Waals surface area (Å²) in [4.78, 5) is 29.2. The third-order valence-corrected chi connectivity index (χ3v) is 6.35. The second kappa shape index (κ2) is 7.96. The van der Waals surface area contributed by atoms with Crippen molar-refractivity contribution in [1.29, 1.82) is 0 Å². The standard InChI is InChI=1S/C19H29N5O3/c25-10-7-15-13-24(21-20-15)17-5-8-22(9-6-17)19(27)14-11-18(26)23(12-14)16-3-1-2-4-16/h13-14,16-17,25H,1-12H2/t14-/m1/s1. The fourth-order valence-corrected chi connectivity index (χ4v) is 4.80. The Morgan fingerprint density at radius 2 is 1.89 bits per heavy atom. The molecule has 1 saturated carbocycles. The molecule has 0 aromatic carbocycles. The Hall–Kier alpha value is -1.96. The minimum absolute atomic E-state index is 0.0730. The van der Waals surface area contributed by atoms with Gasteiger partial charge in [0.25, 0.3) is 0 Å². The minimum Gasteiger partial charge on any atom is -0.396 e. The van der Waals surface area contributed by atoms with Gasteiger partial charge in [0.1, 0.15) is 0 Å². The van der Waals surface area contributed by atoms with Gasteiger partial charge in [-0.1, -0.05) is 18.1 Å². The molecule has 2 amide bonds. The van der Waals surface area contributed by atoms with Crippen LogP contribution < -0.4 is 0 Å². The molecule has 3 heterocycles. The number of aromatic nitrogens is 3. The molecule has 0 spiro atoms. The molecule has 27 heavy (non-hydrogen) atoms. The number of piperidine rings is 1. The second-order valence-electron chi connectivity index (χ2n) is 8.11. The third-order valence-electron chi connectivity index (χ3n) is 6.35. The first-order valence-corrected chi connectivity index (χ1v) is 10.3. The van der Waals surface area contributed by atoms with Crippen LogP contribution in [0.5, 0.6) is 0 Å². The van der Waals surface area contributed by atoms with Crippen LogP contribution in [0.3, 0.4) is 0 Å². The maximum Gasteiger partial charge on any atom is 0.227 e. The zero-order valence-electron chi connectivity index (χ0n) is 15.8. The summed E-state index contributed by atoms with van der Waals surface area (Å²) in [7, 11) is 0. The van der Waals surface area contributed by atoms with Crippen molar-refractivity contribution < 1.29 is 14.7 Å². The van der Waals surface area contributed by atoms with Crippen LogP contribution in [0.15, 0.2) is 6.20 Å². The number of amides is 2. The van der Waals surface area contributed by atoms with Crippen molar-refractivity contribution in [3.05, 3.63) is 11.9 Å². The van der Waals surface area contributed by atoms with E-state index in [0.29, 0.717) is 38.5 Å². The molecule has 8 heteroatoms. The summed E-state index contributed by atoms with van der Waals surface area (Å²) in [6, 6.07) is 0.607. The molecule has 1 atom stereocenters. The second-order valence-corrected chi connectivity index (χ2v) is 8.11. The van der Waals surface area contributed by atoms with E-state index in [9.17, 15) is 9.59 Å². The number of hydrogen-bond acceptors (Lipinski definition) is 5. The number of carbonyl (C=O) groups is 2. The SMILES string of the molecule is O=C([C@@H]1CC(=O)N(C2CCCC2)C1)N1CCC(n2cc(CCO)nn2)CC1. The lowest BCUT2D eigenvalue weighted by Crippen LogP contribution is -2.43. The van der Waals surface area contributed by atoms with E-state index in [1.165, 1.54) is 12.8 Å². The van der Waals surface area contributed by atoms with Crippen molar-refractivity contribution in [2.75, 3.05) is 26.2 Å². The van der Waals surface area contributed by atoms with Gasteiger partial charge in [0.15, 0.2) is 0 Å².